The summed E-state index contributed by atoms with van der Waals surface area (Å²) < 4.78 is 10.8. The molecule has 88 valence electrons. The number of rotatable bonds is 4. The van der Waals surface area contributed by atoms with Crippen LogP contribution in [0.15, 0.2) is 18.2 Å². The van der Waals surface area contributed by atoms with Gasteiger partial charge in [-0.2, -0.15) is 0 Å². The summed E-state index contributed by atoms with van der Waals surface area (Å²) in [6.45, 7) is 1.67. The fourth-order valence-corrected chi connectivity index (χ4v) is 1.87. The molecule has 4 nitrogen and oxygen atoms in total. The van der Waals surface area contributed by atoms with Gasteiger partial charge >= 0.3 is 0 Å². The lowest BCUT2D eigenvalue weighted by Crippen LogP contribution is -2.28. The van der Waals surface area contributed by atoms with Crippen molar-refractivity contribution in [2.24, 2.45) is 0 Å². The third-order valence-electron chi connectivity index (χ3n) is 2.75. The van der Waals surface area contributed by atoms with E-state index < -0.39 is 0 Å². The predicted molar refractivity (Wildman–Crippen MR) is 61.2 cm³/mol. The van der Waals surface area contributed by atoms with Crippen LogP contribution in [0.1, 0.15) is 12.8 Å². The van der Waals surface area contributed by atoms with Gasteiger partial charge in [-0.3, -0.25) is 0 Å². The van der Waals surface area contributed by atoms with Crippen molar-refractivity contribution >= 4 is 0 Å². The Morgan fingerprint density at radius 1 is 1.44 bits per heavy atom. The first-order chi connectivity index (χ1) is 7.79. The van der Waals surface area contributed by atoms with Crippen molar-refractivity contribution in [2.75, 3.05) is 20.3 Å². The normalized spacial score (nSPS) is 19.7. The van der Waals surface area contributed by atoms with Gasteiger partial charge in [0.1, 0.15) is 12.4 Å². The molecule has 4 heteroatoms. The molecule has 0 amide bonds. The summed E-state index contributed by atoms with van der Waals surface area (Å²) in [7, 11) is 1.59. The zero-order valence-electron chi connectivity index (χ0n) is 9.40. The Labute approximate surface area is 95.2 Å². The van der Waals surface area contributed by atoms with Crippen LogP contribution in [0, 0.1) is 0 Å². The largest absolute Gasteiger partial charge is 0.508 e. The first kappa shape index (κ1) is 11.1. The van der Waals surface area contributed by atoms with Crippen molar-refractivity contribution in [1.29, 1.82) is 0 Å². The molecule has 1 heterocycles. The van der Waals surface area contributed by atoms with Crippen molar-refractivity contribution in [2.45, 2.75) is 18.9 Å². The standard InChI is InChI=1S/C12H17NO3/c1-15-11-5-4-10(14)7-12(11)16-8-9-3-2-6-13-9/h4-5,7,9,13-14H,2-3,6,8H2,1H3/t9-/m0/s1. The van der Waals surface area contributed by atoms with Crippen LogP contribution in [0.3, 0.4) is 0 Å². The van der Waals surface area contributed by atoms with Gasteiger partial charge < -0.3 is 19.9 Å². The lowest BCUT2D eigenvalue weighted by atomic mass is 10.2. The lowest BCUT2D eigenvalue weighted by molar-refractivity contribution is 0.261. The first-order valence-electron chi connectivity index (χ1n) is 5.53. The van der Waals surface area contributed by atoms with Crippen LogP contribution in [0.5, 0.6) is 17.2 Å². The molecular formula is C12H17NO3. The number of ether oxygens (including phenoxy) is 2. The lowest BCUT2D eigenvalue weighted by Gasteiger charge is -2.14. The summed E-state index contributed by atoms with van der Waals surface area (Å²) in [5.41, 5.74) is 0. The van der Waals surface area contributed by atoms with Crippen LogP contribution in [0.4, 0.5) is 0 Å². The monoisotopic (exact) mass is 223 g/mol. The number of aromatic hydroxyl groups is 1. The van der Waals surface area contributed by atoms with Gasteiger partial charge in [0, 0.05) is 12.1 Å². The van der Waals surface area contributed by atoms with Crippen LogP contribution in [0.2, 0.25) is 0 Å². The first-order valence-corrected chi connectivity index (χ1v) is 5.53. The third kappa shape index (κ3) is 2.58. The molecule has 1 aromatic rings. The molecule has 16 heavy (non-hydrogen) atoms. The van der Waals surface area contributed by atoms with Gasteiger partial charge in [0.25, 0.3) is 0 Å². The van der Waals surface area contributed by atoms with E-state index in [1.165, 1.54) is 6.42 Å². The number of hydrogen-bond acceptors (Lipinski definition) is 4. The molecule has 1 aliphatic rings. The minimum Gasteiger partial charge on any atom is -0.508 e. The molecule has 0 bridgehead atoms. The van der Waals surface area contributed by atoms with Crippen molar-refractivity contribution < 1.29 is 14.6 Å². The summed E-state index contributed by atoms with van der Waals surface area (Å²) in [6, 6.07) is 5.27. The molecule has 1 aliphatic heterocycles. The zero-order chi connectivity index (χ0) is 11.4. The third-order valence-corrected chi connectivity index (χ3v) is 2.75. The number of methoxy groups -OCH3 is 1. The maximum Gasteiger partial charge on any atom is 0.164 e. The highest BCUT2D eigenvalue weighted by Crippen LogP contribution is 2.30. The highest BCUT2D eigenvalue weighted by Gasteiger charge is 2.15. The average molecular weight is 223 g/mol. The van der Waals surface area contributed by atoms with E-state index in [1.54, 1.807) is 25.3 Å². The van der Waals surface area contributed by atoms with Gasteiger partial charge in [0.15, 0.2) is 11.5 Å². The Kier molecular flexibility index (Phi) is 3.51. The van der Waals surface area contributed by atoms with Crippen LogP contribution < -0.4 is 14.8 Å². The maximum absolute atomic E-state index is 9.37. The molecule has 0 spiro atoms. The van der Waals surface area contributed by atoms with Gasteiger partial charge in [-0.15, -0.1) is 0 Å². The van der Waals surface area contributed by atoms with Gasteiger partial charge in [-0.05, 0) is 31.5 Å². The maximum atomic E-state index is 9.37. The summed E-state index contributed by atoms with van der Waals surface area (Å²) in [5.74, 6) is 1.43. The van der Waals surface area contributed by atoms with Crippen LogP contribution in [-0.4, -0.2) is 31.4 Å². The molecule has 1 saturated heterocycles. The van der Waals surface area contributed by atoms with Gasteiger partial charge in [0.2, 0.25) is 0 Å². The van der Waals surface area contributed by atoms with Crippen LogP contribution in [0.25, 0.3) is 0 Å². The molecule has 0 aliphatic carbocycles. The van der Waals surface area contributed by atoms with E-state index in [1.807, 2.05) is 0 Å². The van der Waals surface area contributed by atoms with E-state index >= 15 is 0 Å². The smallest absolute Gasteiger partial charge is 0.164 e. The zero-order valence-corrected chi connectivity index (χ0v) is 9.40. The van der Waals surface area contributed by atoms with Crippen molar-refractivity contribution in [3.05, 3.63) is 18.2 Å². The molecule has 0 unspecified atom stereocenters. The van der Waals surface area contributed by atoms with E-state index in [0.717, 1.165) is 13.0 Å². The highest BCUT2D eigenvalue weighted by atomic mass is 16.5. The second kappa shape index (κ2) is 5.07. The topological polar surface area (TPSA) is 50.7 Å². The summed E-state index contributed by atoms with van der Waals surface area (Å²) in [4.78, 5) is 0. The summed E-state index contributed by atoms with van der Waals surface area (Å²) in [6.07, 6.45) is 2.34. The molecule has 2 N–H and O–H groups in total. The van der Waals surface area contributed by atoms with E-state index in [9.17, 15) is 5.11 Å². The van der Waals surface area contributed by atoms with Gasteiger partial charge in [-0.1, -0.05) is 0 Å². The molecule has 0 aromatic heterocycles. The molecule has 1 atom stereocenters. The Morgan fingerprint density at radius 2 is 2.31 bits per heavy atom. The second-order valence-corrected chi connectivity index (χ2v) is 3.94. The Hall–Kier alpha value is -1.42. The van der Waals surface area contributed by atoms with Crippen molar-refractivity contribution in [3.63, 3.8) is 0 Å². The highest BCUT2D eigenvalue weighted by molar-refractivity contribution is 5.44. The minimum atomic E-state index is 0.190. The fraction of sp³-hybridized carbons (Fsp3) is 0.500. The number of phenols is 1. The average Bonchev–Trinajstić information content (AvgIpc) is 2.79. The van der Waals surface area contributed by atoms with Crippen molar-refractivity contribution in [1.82, 2.24) is 5.32 Å². The van der Waals surface area contributed by atoms with E-state index in [0.29, 0.717) is 24.1 Å². The Morgan fingerprint density at radius 3 is 3.00 bits per heavy atom. The number of phenolic OH excluding ortho intramolecular Hbond substituents is 1. The fourth-order valence-electron chi connectivity index (χ4n) is 1.87. The molecule has 1 fully saturated rings. The quantitative estimate of drug-likeness (QED) is 0.812. The van der Waals surface area contributed by atoms with E-state index in [2.05, 4.69) is 5.32 Å². The molecule has 1 aromatic carbocycles. The van der Waals surface area contributed by atoms with Crippen molar-refractivity contribution in [3.8, 4) is 17.2 Å². The Bertz CT molecular complexity index is 348. The van der Waals surface area contributed by atoms with E-state index in [4.69, 9.17) is 9.47 Å². The molecule has 0 saturated carbocycles. The predicted octanol–water partition coefficient (Wildman–Crippen LogP) is 1.53. The number of benzene rings is 1. The van der Waals surface area contributed by atoms with Gasteiger partial charge in [-0.25, -0.2) is 0 Å². The molecule has 0 radical (unpaired) electrons. The molecule has 2 rings (SSSR count). The van der Waals surface area contributed by atoms with E-state index in [-0.39, 0.29) is 5.75 Å². The summed E-state index contributed by atoms with van der Waals surface area (Å²) >= 11 is 0. The number of nitrogens with one attached hydrogen (secondary N) is 1. The molecular weight excluding hydrogens is 206 g/mol. The number of hydrogen-bond donors (Lipinski definition) is 2. The van der Waals surface area contributed by atoms with Gasteiger partial charge in [0.05, 0.1) is 7.11 Å². The van der Waals surface area contributed by atoms with Crippen LogP contribution >= 0.6 is 0 Å². The minimum absolute atomic E-state index is 0.190. The van der Waals surface area contributed by atoms with Crippen LogP contribution in [-0.2, 0) is 0 Å². The SMILES string of the molecule is COc1ccc(O)cc1OC[C@@H]1CCCN1. The summed E-state index contributed by atoms with van der Waals surface area (Å²) in [5, 5.41) is 12.7. The second-order valence-electron chi connectivity index (χ2n) is 3.94. The Balaban J connectivity index is 1.98.